The number of nitrogens with zero attached hydrogens (tertiary/aromatic N) is 4. The number of amides is 1. The van der Waals surface area contributed by atoms with Crippen LogP contribution in [0.5, 0.6) is 0 Å². The van der Waals surface area contributed by atoms with Gasteiger partial charge in [0.2, 0.25) is 0 Å². The molecule has 0 aromatic heterocycles. The molecule has 2 heterocycles. The van der Waals surface area contributed by atoms with Crippen molar-refractivity contribution in [2.45, 2.75) is 72.5 Å². The van der Waals surface area contributed by atoms with Crippen LogP contribution >= 0.6 is 0 Å². The average Bonchev–Trinajstić information content (AvgIpc) is 3.22. The van der Waals surface area contributed by atoms with E-state index in [-0.39, 0.29) is 11.7 Å². The second-order valence-corrected chi connectivity index (χ2v) is 13.4. The lowest BCUT2D eigenvalue weighted by atomic mass is 9.44. The number of guanidine groups is 1. The lowest BCUT2D eigenvalue weighted by Gasteiger charge is -2.64. The highest BCUT2D eigenvalue weighted by Crippen LogP contribution is 2.62. The second kappa shape index (κ2) is 10.2. The summed E-state index contributed by atoms with van der Waals surface area (Å²) in [6.45, 7) is 15.4. The van der Waals surface area contributed by atoms with E-state index in [1.54, 1.807) is 11.0 Å². The minimum Gasteiger partial charge on any atom is -0.369 e. The standard InChI is InChI=1S/C33H44FN5O/c1-20-6-7-23(29(34)14-20)10-11-37-19-24-15-26(8-9-27(24)31(37)40)36-32(35)38-12-13-39(21(2)18-38)30-17-25-16-28(22(30)3)33(25,4)5/h6-9,14-15,21-22,25,28,30H,10-13,16-19H2,1-5H3,(H2,35,36)/t21-,22+,25-,28-,30-/m0/s1. The summed E-state index contributed by atoms with van der Waals surface area (Å²) in [6.07, 6.45) is 3.23. The Morgan fingerprint density at radius 3 is 2.62 bits per heavy atom. The van der Waals surface area contributed by atoms with Crippen molar-refractivity contribution in [1.82, 2.24) is 14.7 Å². The largest absolute Gasteiger partial charge is 0.369 e. The molecule has 0 radical (unpaired) electrons. The minimum atomic E-state index is -0.208. The first kappa shape index (κ1) is 27.3. The van der Waals surface area contributed by atoms with Gasteiger partial charge in [-0.2, -0.15) is 0 Å². The molecule has 7 heteroatoms. The van der Waals surface area contributed by atoms with Crippen molar-refractivity contribution >= 4 is 17.6 Å². The molecule has 4 fully saturated rings. The van der Waals surface area contributed by atoms with Crippen LogP contribution in [0.25, 0.3) is 0 Å². The van der Waals surface area contributed by atoms with E-state index in [2.05, 4.69) is 37.5 Å². The summed E-state index contributed by atoms with van der Waals surface area (Å²) in [5, 5.41) is 0. The first-order valence-electron chi connectivity index (χ1n) is 15.0. The zero-order chi connectivity index (χ0) is 28.3. The molecule has 2 bridgehead atoms. The highest BCUT2D eigenvalue weighted by molar-refractivity contribution is 5.99. The third-order valence-electron chi connectivity index (χ3n) is 10.8. The molecule has 3 saturated carbocycles. The number of hydrogen-bond acceptors (Lipinski definition) is 3. The van der Waals surface area contributed by atoms with Crippen LogP contribution < -0.4 is 5.73 Å². The Labute approximate surface area is 238 Å². The van der Waals surface area contributed by atoms with Gasteiger partial charge in [-0.25, -0.2) is 9.38 Å². The third kappa shape index (κ3) is 4.70. The number of fused-ring (bicyclic) bond motifs is 3. The second-order valence-electron chi connectivity index (χ2n) is 13.4. The Morgan fingerprint density at radius 2 is 1.93 bits per heavy atom. The average molecular weight is 546 g/mol. The highest BCUT2D eigenvalue weighted by Gasteiger charge is 2.57. The molecule has 5 atom stereocenters. The van der Waals surface area contributed by atoms with Crippen molar-refractivity contribution in [3.8, 4) is 0 Å². The zero-order valence-electron chi connectivity index (χ0n) is 24.7. The minimum absolute atomic E-state index is 0.00562. The molecule has 2 aliphatic heterocycles. The van der Waals surface area contributed by atoms with Gasteiger partial charge < -0.3 is 15.5 Å². The topological polar surface area (TPSA) is 65.2 Å². The van der Waals surface area contributed by atoms with Crippen molar-refractivity contribution < 1.29 is 9.18 Å². The number of carbonyl (C=O) groups excluding carboxylic acids is 1. The Bertz CT molecular complexity index is 1340. The molecule has 0 spiro atoms. The van der Waals surface area contributed by atoms with Crippen LogP contribution in [0.3, 0.4) is 0 Å². The van der Waals surface area contributed by atoms with Crippen molar-refractivity contribution in [2.75, 3.05) is 26.2 Å². The zero-order valence-corrected chi connectivity index (χ0v) is 24.7. The van der Waals surface area contributed by atoms with E-state index in [4.69, 9.17) is 10.7 Å². The number of hydrogen-bond donors (Lipinski definition) is 1. The Balaban J connectivity index is 1.07. The van der Waals surface area contributed by atoms with Gasteiger partial charge in [-0.1, -0.05) is 32.9 Å². The number of carbonyl (C=O) groups is 1. The summed E-state index contributed by atoms with van der Waals surface area (Å²) < 4.78 is 14.3. The van der Waals surface area contributed by atoms with Gasteiger partial charge in [0.15, 0.2) is 5.96 Å². The maximum atomic E-state index is 14.3. The summed E-state index contributed by atoms with van der Waals surface area (Å²) in [5.41, 5.74) is 11.0. The Morgan fingerprint density at radius 1 is 1.12 bits per heavy atom. The van der Waals surface area contributed by atoms with Gasteiger partial charge in [-0.05, 0) is 97.2 Å². The molecule has 1 amide bonds. The highest BCUT2D eigenvalue weighted by atomic mass is 19.1. The smallest absolute Gasteiger partial charge is 0.254 e. The first-order chi connectivity index (χ1) is 19.0. The SMILES string of the molecule is Cc1ccc(CCN2Cc3cc(N=C(N)N4CCN([C@H]5C[C@@H]6C[C@@H]([C@H]5C)C6(C)C)[C@@H](C)C4)ccc3C2=O)c(F)c1. The van der Waals surface area contributed by atoms with E-state index in [0.29, 0.717) is 54.1 Å². The summed E-state index contributed by atoms with van der Waals surface area (Å²) in [4.78, 5) is 24.5. The quantitative estimate of drug-likeness (QED) is 0.406. The Hall–Kier alpha value is -2.93. The lowest BCUT2D eigenvalue weighted by molar-refractivity contribution is -0.147. The van der Waals surface area contributed by atoms with E-state index in [9.17, 15) is 9.18 Å². The van der Waals surface area contributed by atoms with Gasteiger partial charge in [0, 0.05) is 50.4 Å². The fourth-order valence-electron chi connectivity index (χ4n) is 8.16. The van der Waals surface area contributed by atoms with Crippen LogP contribution in [0, 0.1) is 35.9 Å². The van der Waals surface area contributed by atoms with E-state index in [1.165, 1.54) is 12.8 Å². The molecule has 214 valence electrons. The van der Waals surface area contributed by atoms with Gasteiger partial charge in [0.1, 0.15) is 5.82 Å². The van der Waals surface area contributed by atoms with Crippen LogP contribution in [0.1, 0.15) is 67.6 Å². The van der Waals surface area contributed by atoms with E-state index < -0.39 is 0 Å². The summed E-state index contributed by atoms with van der Waals surface area (Å²) in [7, 11) is 0. The van der Waals surface area contributed by atoms with E-state index in [1.807, 2.05) is 37.3 Å². The summed E-state index contributed by atoms with van der Waals surface area (Å²) in [6, 6.07) is 12.1. The van der Waals surface area contributed by atoms with Crippen LogP contribution in [-0.4, -0.2) is 64.8 Å². The maximum Gasteiger partial charge on any atom is 0.254 e. The molecule has 2 aromatic carbocycles. The number of aliphatic imine (C=N–C) groups is 1. The predicted molar refractivity (Wildman–Crippen MR) is 158 cm³/mol. The lowest BCUT2D eigenvalue weighted by Crippen LogP contribution is -2.65. The molecule has 3 aliphatic carbocycles. The van der Waals surface area contributed by atoms with Crippen molar-refractivity contribution in [3.05, 3.63) is 64.5 Å². The maximum absolute atomic E-state index is 14.3. The third-order valence-corrected chi connectivity index (χ3v) is 10.8. The van der Waals surface area contributed by atoms with E-state index in [0.717, 1.165) is 54.2 Å². The molecule has 7 rings (SSSR count). The summed E-state index contributed by atoms with van der Waals surface area (Å²) >= 11 is 0. The summed E-state index contributed by atoms with van der Waals surface area (Å²) in [5.74, 6) is 2.78. The monoisotopic (exact) mass is 545 g/mol. The fraction of sp³-hybridized carbons (Fsp3) is 0.576. The van der Waals surface area contributed by atoms with Crippen LogP contribution in [0.4, 0.5) is 10.1 Å². The van der Waals surface area contributed by atoms with Crippen LogP contribution in [0.15, 0.2) is 41.4 Å². The molecule has 2 aromatic rings. The molecular weight excluding hydrogens is 501 g/mol. The van der Waals surface area contributed by atoms with Gasteiger partial charge >= 0.3 is 0 Å². The normalized spacial score (nSPS) is 29.9. The molecule has 0 unspecified atom stereocenters. The number of halogens is 1. The predicted octanol–water partition coefficient (Wildman–Crippen LogP) is 5.36. The fourth-order valence-corrected chi connectivity index (χ4v) is 8.16. The molecule has 5 aliphatic rings. The number of piperazine rings is 1. The molecular formula is C33H44FN5O. The molecule has 6 nitrogen and oxygen atoms in total. The van der Waals surface area contributed by atoms with Gasteiger partial charge in [-0.3, -0.25) is 9.69 Å². The van der Waals surface area contributed by atoms with Crippen molar-refractivity contribution in [3.63, 3.8) is 0 Å². The number of benzene rings is 2. The van der Waals surface area contributed by atoms with Gasteiger partial charge in [0.05, 0.1) is 5.69 Å². The molecule has 1 saturated heterocycles. The molecule has 2 N–H and O–H groups in total. The van der Waals surface area contributed by atoms with Gasteiger partial charge in [-0.15, -0.1) is 0 Å². The number of nitrogens with two attached hydrogens (primary N) is 1. The Kier molecular flexibility index (Phi) is 6.92. The number of rotatable bonds is 5. The first-order valence-corrected chi connectivity index (χ1v) is 15.0. The van der Waals surface area contributed by atoms with Crippen molar-refractivity contribution in [2.24, 2.45) is 33.9 Å². The van der Waals surface area contributed by atoms with Crippen molar-refractivity contribution in [1.29, 1.82) is 0 Å². The van der Waals surface area contributed by atoms with Crippen LogP contribution in [0.2, 0.25) is 0 Å². The van der Waals surface area contributed by atoms with Crippen LogP contribution in [-0.2, 0) is 13.0 Å². The molecule has 40 heavy (non-hydrogen) atoms. The van der Waals surface area contributed by atoms with E-state index >= 15 is 0 Å². The number of aryl methyl sites for hydroxylation is 1. The van der Waals surface area contributed by atoms with Gasteiger partial charge in [0.25, 0.3) is 5.91 Å².